The first-order chi connectivity index (χ1) is 7.18. The first kappa shape index (κ1) is 9.45. The summed E-state index contributed by atoms with van der Waals surface area (Å²) in [5.74, 6) is -1.72. The molecule has 0 aliphatic heterocycles. The Balaban J connectivity index is 2.48. The summed E-state index contributed by atoms with van der Waals surface area (Å²) in [6, 6.07) is 5.38. The van der Waals surface area contributed by atoms with Crippen molar-refractivity contribution < 1.29 is 18.7 Å². The van der Waals surface area contributed by atoms with Crippen molar-refractivity contribution in [2.24, 2.45) is 0 Å². The second-order valence-electron chi connectivity index (χ2n) is 3.01. The molecule has 0 aliphatic carbocycles. The van der Waals surface area contributed by atoms with Crippen LogP contribution in [-0.4, -0.2) is 11.1 Å². The van der Waals surface area contributed by atoms with Gasteiger partial charge in [-0.05, 0) is 18.2 Å². The predicted molar refractivity (Wildman–Crippen MR) is 51.1 cm³/mol. The predicted octanol–water partition coefficient (Wildman–Crippen LogP) is 2.78. The van der Waals surface area contributed by atoms with Gasteiger partial charge in [0.05, 0.1) is 18.1 Å². The normalized spacial score (nSPS) is 10.2. The van der Waals surface area contributed by atoms with Gasteiger partial charge in [0.25, 0.3) is 0 Å². The summed E-state index contributed by atoms with van der Waals surface area (Å²) in [5.41, 5.74) is 0.845. The van der Waals surface area contributed by atoms with E-state index in [1.807, 2.05) is 0 Å². The van der Waals surface area contributed by atoms with Crippen molar-refractivity contribution in [2.75, 3.05) is 0 Å². The molecule has 1 aromatic carbocycles. The Bertz CT molecular complexity index is 489. The highest BCUT2D eigenvalue weighted by atomic mass is 19.1. The van der Waals surface area contributed by atoms with E-state index < -0.39 is 11.8 Å². The van der Waals surface area contributed by atoms with Crippen LogP contribution in [0.4, 0.5) is 4.39 Å². The number of hydrogen-bond acceptors (Lipinski definition) is 2. The van der Waals surface area contributed by atoms with Crippen LogP contribution in [0.5, 0.6) is 0 Å². The van der Waals surface area contributed by atoms with Crippen molar-refractivity contribution in [3.05, 3.63) is 48.2 Å². The minimum absolute atomic E-state index is 0.0697. The number of carboxylic acid groups (broad SMARTS) is 1. The molecule has 0 radical (unpaired) electrons. The number of carbonyl (C=O) groups is 1. The number of rotatable bonds is 2. The van der Waals surface area contributed by atoms with Crippen LogP contribution >= 0.6 is 0 Å². The lowest BCUT2D eigenvalue weighted by atomic mass is 10.1. The van der Waals surface area contributed by atoms with Crippen molar-refractivity contribution in [1.29, 1.82) is 0 Å². The van der Waals surface area contributed by atoms with Gasteiger partial charge in [-0.25, -0.2) is 9.18 Å². The highest BCUT2D eigenvalue weighted by Crippen LogP contribution is 2.23. The molecule has 1 aromatic heterocycles. The van der Waals surface area contributed by atoms with Crippen molar-refractivity contribution in [3.8, 4) is 11.1 Å². The molecule has 0 atom stereocenters. The largest absolute Gasteiger partial charge is 0.478 e. The topological polar surface area (TPSA) is 50.4 Å². The lowest BCUT2D eigenvalue weighted by Gasteiger charge is -2.00. The van der Waals surface area contributed by atoms with E-state index in [2.05, 4.69) is 0 Å². The smallest absolute Gasteiger partial charge is 0.335 e. The second-order valence-corrected chi connectivity index (χ2v) is 3.01. The van der Waals surface area contributed by atoms with Crippen LogP contribution in [0.25, 0.3) is 11.1 Å². The van der Waals surface area contributed by atoms with Crippen LogP contribution < -0.4 is 0 Å². The van der Waals surface area contributed by atoms with Crippen LogP contribution in [0.3, 0.4) is 0 Å². The van der Waals surface area contributed by atoms with Gasteiger partial charge in [0, 0.05) is 11.1 Å². The Morgan fingerprint density at radius 3 is 2.67 bits per heavy atom. The summed E-state index contributed by atoms with van der Waals surface area (Å²) in [4.78, 5) is 10.6. The van der Waals surface area contributed by atoms with E-state index in [1.54, 1.807) is 6.07 Å². The third-order valence-corrected chi connectivity index (χ3v) is 2.05. The molecular formula is C11H7FO3. The Morgan fingerprint density at radius 1 is 1.33 bits per heavy atom. The molecule has 1 heterocycles. The van der Waals surface area contributed by atoms with Gasteiger partial charge in [-0.2, -0.15) is 0 Å². The van der Waals surface area contributed by atoms with Gasteiger partial charge in [-0.15, -0.1) is 0 Å². The number of hydrogen-bond donors (Lipinski definition) is 1. The van der Waals surface area contributed by atoms with Crippen LogP contribution in [-0.2, 0) is 0 Å². The third-order valence-electron chi connectivity index (χ3n) is 2.05. The standard InChI is InChI=1S/C11H7FO3/c12-10-5-7(11(13)14)1-2-9(10)8-3-4-15-6-8/h1-6H,(H,13,14). The van der Waals surface area contributed by atoms with E-state index in [1.165, 1.54) is 24.7 Å². The van der Waals surface area contributed by atoms with Gasteiger partial charge >= 0.3 is 5.97 Å². The van der Waals surface area contributed by atoms with Crippen molar-refractivity contribution >= 4 is 5.97 Å². The summed E-state index contributed by atoms with van der Waals surface area (Å²) in [6.07, 6.45) is 2.83. The molecule has 0 amide bonds. The molecule has 0 fully saturated rings. The molecule has 1 N–H and O–H groups in total. The van der Waals surface area contributed by atoms with Gasteiger partial charge in [0.1, 0.15) is 5.82 Å². The Labute approximate surface area is 84.8 Å². The number of halogens is 1. The van der Waals surface area contributed by atoms with Crippen molar-refractivity contribution in [2.45, 2.75) is 0 Å². The highest BCUT2D eigenvalue weighted by molar-refractivity contribution is 5.88. The number of benzene rings is 1. The Hall–Kier alpha value is -2.10. The Morgan fingerprint density at radius 2 is 2.13 bits per heavy atom. The van der Waals surface area contributed by atoms with Gasteiger partial charge in [0.15, 0.2) is 0 Å². The number of carboxylic acids is 1. The fraction of sp³-hybridized carbons (Fsp3) is 0. The quantitative estimate of drug-likeness (QED) is 0.821. The molecule has 76 valence electrons. The van der Waals surface area contributed by atoms with Crippen LogP contribution in [0.1, 0.15) is 10.4 Å². The monoisotopic (exact) mass is 206 g/mol. The van der Waals surface area contributed by atoms with Crippen LogP contribution in [0, 0.1) is 5.82 Å². The molecule has 4 heteroatoms. The molecule has 15 heavy (non-hydrogen) atoms. The molecule has 0 spiro atoms. The minimum Gasteiger partial charge on any atom is -0.478 e. The number of aromatic carboxylic acids is 1. The second kappa shape index (κ2) is 3.57. The van der Waals surface area contributed by atoms with E-state index in [-0.39, 0.29) is 5.56 Å². The van der Waals surface area contributed by atoms with E-state index in [4.69, 9.17) is 9.52 Å². The lowest BCUT2D eigenvalue weighted by molar-refractivity contribution is 0.0696. The molecule has 0 bridgehead atoms. The highest BCUT2D eigenvalue weighted by Gasteiger charge is 2.10. The molecule has 0 saturated carbocycles. The van der Waals surface area contributed by atoms with E-state index in [0.29, 0.717) is 11.1 Å². The van der Waals surface area contributed by atoms with Crippen molar-refractivity contribution in [1.82, 2.24) is 0 Å². The minimum atomic E-state index is -1.15. The number of furan rings is 1. The molecule has 0 aliphatic rings. The molecule has 3 nitrogen and oxygen atoms in total. The summed E-state index contributed by atoms with van der Waals surface area (Å²) in [5, 5.41) is 8.65. The maximum Gasteiger partial charge on any atom is 0.335 e. The maximum atomic E-state index is 13.5. The molecule has 2 rings (SSSR count). The summed E-state index contributed by atoms with van der Waals surface area (Å²) >= 11 is 0. The van der Waals surface area contributed by atoms with Crippen LogP contribution in [0.15, 0.2) is 41.2 Å². The molecule has 0 saturated heterocycles. The van der Waals surface area contributed by atoms with E-state index in [9.17, 15) is 9.18 Å². The first-order valence-electron chi connectivity index (χ1n) is 4.24. The fourth-order valence-corrected chi connectivity index (χ4v) is 1.30. The lowest BCUT2D eigenvalue weighted by Crippen LogP contribution is -1.97. The fourth-order valence-electron chi connectivity index (χ4n) is 1.30. The summed E-state index contributed by atoms with van der Waals surface area (Å²) in [7, 11) is 0. The van der Waals surface area contributed by atoms with Gasteiger partial charge in [-0.1, -0.05) is 6.07 Å². The zero-order valence-corrected chi connectivity index (χ0v) is 7.61. The molecule has 2 aromatic rings. The summed E-state index contributed by atoms with van der Waals surface area (Å²) < 4.78 is 18.3. The van der Waals surface area contributed by atoms with Gasteiger partial charge < -0.3 is 9.52 Å². The maximum absolute atomic E-state index is 13.5. The Kier molecular flexibility index (Phi) is 2.25. The third kappa shape index (κ3) is 1.74. The average Bonchev–Trinajstić information content (AvgIpc) is 2.70. The molecule has 0 unspecified atom stereocenters. The van der Waals surface area contributed by atoms with Crippen molar-refractivity contribution in [3.63, 3.8) is 0 Å². The zero-order valence-electron chi connectivity index (χ0n) is 7.61. The zero-order chi connectivity index (χ0) is 10.8. The van der Waals surface area contributed by atoms with Gasteiger partial charge in [-0.3, -0.25) is 0 Å². The average molecular weight is 206 g/mol. The van der Waals surface area contributed by atoms with E-state index >= 15 is 0 Å². The van der Waals surface area contributed by atoms with E-state index in [0.717, 1.165) is 6.07 Å². The first-order valence-corrected chi connectivity index (χ1v) is 4.24. The van der Waals surface area contributed by atoms with Crippen LogP contribution in [0.2, 0.25) is 0 Å². The molecular weight excluding hydrogens is 199 g/mol. The SMILES string of the molecule is O=C(O)c1ccc(-c2ccoc2)c(F)c1. The summed E-state index contributed by atoms with van der Waals surface area (Å²) in [6.45, 7) is 0. The van der Waals surface area contributed by atoms with Gasteiger partial charge in [0.2, 0.25) is 0 Å².